The summed E-state index contributed by atoms with van der Waals surface area (Å²) in [5.74, 6) is -3.58. The molecule has 1 amide bonds. The lowest BCUT2D eigenvalue weighted by atomic mass is 10.1. The number of anilines is 1. The van der Waals surface area contributed by atoms with Crippen LogP contribution in [-0.4, -0.2) is 25.5 Å². The molecule has 0 saturated heterocycles. The molecule has 1 N–H and O–H groups in total. The van der Waals surface area contributed by atoms with Crippen LogP contribution in [0.5, 0.6) is 0 Å². The number of benzene rings is 1. The van der Waals surface area contributed by atoms with Gasteiger partial charge >= 0.3 is 6.18 Å². The van der Waals surface area contributed by atoms with Gasteiger partial charge in [-0.3, -0.25) is 4.79 Å². The smallest absolute Gasteiger partial charge is 0.324 e. The van der Waals surface area contributed by atoms with Crippen LogP contribution in [0.15, 0.2) is 18.2 Å². The average molecular weight is 399 g/mol. The molecular weight excluding hydrogens is 385 g/mol. The van der Waals surface area contributed by atoms with Gasteiger partial charge in [-0.25, -0.2) is 18.3 Å². The number of hydrogen-bond donors (Lipinski definition) is 1. The SMILES string of the molecule is Cc1nc2nc(C(F)(F)F)nn2c(C)c1CCC(=O)Nc1cc(F)ccc1F. The number of halogens is 5. The highest BCUT2D eigenvalue weighted by molar-refractivity contribution is 5.91. The maximum absolute atomic E-state index is 13.6. The summed E-state index contributed by atoms with van der Waals surface area (Å²) in [6.45, 7) is 3.12. The van der Waals surface area contributed by atoms with E-state index in [0.717, 1.165) is 22.7 Å². The minimum absolute atomic E-state index is 0.116. The van der Waals surface area contributed by atoms with Crippen LogP contribution in [0.25, 0.3) is 5.78 Å². The predicted octanol–water partition coefficient (Wildman–Crippen LogP) is 3.61. The first-order valence-electron chi connectivity index (χ1n) is 8.11. The predicted molar refractivity (Wildman–Crippen MR) is 88.6 cm³/mol. The number of alkyl halides is 3. The zero-order valence-corrected chi connectivity index (χ0v) is 14.7. The number of aryl methyl sites for hydroxylation is 2. The van der Waals surface area contributed by atoms with E-state index in [1.807, 2.05) is 0 Å². The van der Waals surface area contributed by atoms with Gasteiger partial charge in [0.25, 0.3) is 11.6 Å². The Hall–Kier alpha value is -3.11. The summed E-state index contributed by atoms with van der Waals surface area (Å²) in [4.78, 5) is 19.4. The van der Waals surface area contributed by atoms with Gasteiger partial charge in [0, 0.05) is 23.9 Å². The van der Waals surface area contributed by atoms with Crippen LogP contribution in [0.3, 0.4) is 0 Å². The van der Waals surface area contributed by atoms with Crippen molar-refractivity contribution in [2.75, 3.05) is 5.32 Å². The zero-order valence-electron chi connectivity index (χ0n) is 14.7. The first-order chi connectivity index (χ1) is 13.1. The number of amides is 1. The van der Waals surface area contributed by atoms with Crippen LogP contribution in [0.2, 0.25) is 0 Å². The lowest BCUT2D eigenvalue weighted by Gasteiger charge is -2.11. The summed E-state index contributed by atoms with van der Waals surface area (Å²) < 4.78 is 66.1. The molecule has 11 heteroatoms. The molecule has 0 aliphatic heterocycles. The Morgan fingerprint density at radius 1 is 1.18 bits per heavy atom. The highest BCUT2D eigenvalue weighted by atomic mass is 19.4. The van der Waals surface area contributed by atoms with Crippen molar-refractivity contribution in [2.45, 2.75) is 32.9 Å². The number of hydrogen-bond acceptors (Lipinski definition) is 4. The number of nitrogens with one attached hydrogen (secondary N) is 1. The molecule has 6 nitrogen and oxygen atoms in total. The molecule has 0 aliphatic rings. The second kappa shape index (κ2) is 7.13. The average Bonchev–Trinajstić information content (AvgIpc) is 3.02. The number of carbonyl (C=O) groups excluding carboxylic acids is 1. The zero-order chi connectivity index (χ0) is 20.6. The molecule has 0 saturated carbocycles. The standard InChI is InChI=1S/C17H14F5N5O/c1-8-11(4-6-14(28)24-13-7-10(18)3-5-12(13)19)9(2)27-16(23-8)25-15(26-27)17(20,21)22/h3,5,7H,4,6H2,1-2H3,(H,24,28). The molecule has 3 aromatic rings. The largest absolute Gasteiger partial charge is 0.453 e. The van der Waals surface area contributed by atoms with Gasteiger partial charge < -0.3 is 5.32 Å². The van der Waals surface area contributed by atoms with Gasteiger partial charge in [0.05, 0.1) is 5.69 Å². The van der Waals surface area contributed by atoms with Crippen LogP contribution < -0.4 is 5.32 Å². The number of rotatable bonds is 4. The Bertz CT molecular complexity index is 1060. The van der Waals surface area contributed by atoms with Gasteiger partial charge in [-0.2, -0.15) is 18.2 Å². The lowest BCUT2D eigenvalue weighted by molar-refractivity contribution is -0.144. The normalized spacial score (nSPS) is 11.8. The van der Waals surface area contributed by atoms with Crippen LogP contribution in [0.1, 0.15) is 29.2 Å². The number of fused-ring (bicyclic) bond motifs is 1. The van der Waals surface area contributed by atoms with E-state index in [1.165, 1.54) is 6.92 Å². The van der Waals surface area contributed by atoms with Crippen molar-refractivity contribution < 1.29 is 26.7 Å². The molecule has 2 heterocycles. The summed E-state index contributed by atoms with van der Waals surface area (Å²) in [5, 5.41) is 5.69. The number of aromatic nitrogens is 4. The van der Waals surface area contributed by atoms with E-state index in [0.29, 0.717) is 17.0 Å². The van der Waals surface area contributed by atoms with Crippen LogP contribution in [-0.2, 0) is 17.4 Å². The van der Waals surface area contributed by atoms with E-state index >= 15 is 0 Å². The fraction of sp³-hybridized carbons (Fsp3) is 0.294. The minimum Gasteiger partial charge on any atom is -0.324 e. The van der Waals surface area contributed by atoms with Crippen molar-refractivity contribution >= 4 is 17.4 Å². The van der Waals surface area contributed by atoms with Crippen molar-refractivity contribution in [3.05, 3.63) is 52.6 Å². The highest BCUT2D eigenvalue weighted by Gasteiger charge is 2.36. The lowest BCUT2D eigenvalue weighted by Crippen LogP contribution is -2.15. The summed E-state index contributed by atoms with van der Waals surface area (Å²) in [7, 11) is 0. The maximum Gasteiger partial charge on any atom is 0.453 e. The van der Waals surface area contributed by atoms with Crippen molar-refractivity contribution in [2.24, 2.45) is 0 Å². The van der Waals surface area contributed by atoms with Crippen molar-refractivity contribution in [1.29, 1.82) is 0 Å². The molecule has 2 aromatic heterocycles. The fourth-order valence-electron chi connectivity index (χ4n) is 2.73. The fourth-order valence-corrected chi connectivity index (χ4v) is 2.73. The molecule has 0 atom stereocenters. The molecule has 148 valence electrons. The van der Waals surface area contributed by atoms with Gasteiger partial charge in [-0.1, -0.05) is 0 Å². The second-order valence-electron chi connectivity index (χ2n) is 6.08. The van der Waals surface area contributed by atoms with E-state index in [-0.39, 0.29) is 24.3 Å². The molecule has 3 rings (SSSR count). The Morgan fingerprint density at radius 2 is 1.89 bits per heavy atom. The molecule has 0 bridgehead atoms. The second-order valence-corrected chi connectivity index (χ2v) is 6.08. The Balaban J connectivity index is 1.80. The minimum atomic E-state index is -4.71. The number of nitrogens with zero attached hydrogens (tertiary/aromatic N) is 4. The Kier molecular flexibility index (Phi) is 5.01. The third-order valence-corrected chi connectivity index (χ3v) is 4.11. The maximum atomic E-state index is 13.6. The van der Waals surface area contributed by atoms with Crippen molar-refractivity contribution in [3.8, 4) is 0 Å². The van der Waals surface area contributed by atoms with E-state index in [4.69, 9.17) is 0 Å². The summed E-state index contributed by atoms with van der Waals surface area (Å²) in [6.07, 6.45) is -4.71. The Labute approximate surface area is 155 Å². The summed E-state index contributed by atoms with van der Waals surface area (Å²) in [5.41, 5.74) is 0.977. The van der Waals surface area contributed by atoms with Crippen LogP contribution >= 0.6 is 0 Å². The van der Waals surface area contributed by atoms with Crippen LogP contribution in [0.4, 0.5) is 27.6 Å². The third kappa shape index (κ3) is 3.92. The molecule has 0 radical (unpaired) electrons. The first-order valence-corrected chi connectivity index (χ1v) is 8.11. The first kappa shape index (κ1) is 19.6. The Morgan fingerprint density at radius 3 is 2.57 bits per heavy atom. The van der Waals surface area contributed by atoms with Crippen molar-refractivity contribution in [1.82, 2.24) is 19.6 Å². The van der Waals surface area contributed by atoms with Crippen LogP contribution in [0, 0.1) is 25.5 Å². The monoisotopic (exact) mass is 399 g/mol. The molecule has 0 unspecified atom stereocenters. The highest BCUT2D eigenvalue weighted by Crippen LogP contribution is 2.27. The van der Waals surface area contributed by atoms with Gasteiger partial charge in [0.1, 0.15) is 11.6 Å². The van der Waals surface area contributed by atoms with Gasteiger partial charge in [-0.15, -0.1) is 5.10 Å². The molecule has 0 spiro atoms. The van der Waals surface area contributed by atoms with Gasteiger partial charge in [0.2, 0.25) is 5.91 Å². The van der Waals surface area contributed by atoms with E-state index in [2.05, 4.69) is 20.4 Å². The molecule has 0 fully saturated rings. The van der Waals surface area contributed by atoms with Gasteiger partial charge in [-0.05, 0) is 38.0 Å². The molecule has 1 aromatic carbocycles. The topological polar surface area (TPSA) is 72.2 Å². The molecule has 28 heavy (non-hydrogen) atoms. The summed E-state index contributed by atoms with van der Waals surface area (Å²) >= 11 is 0. The quantitative estimate of drug-likeness (QED) is 0.681. The van der Waals surface area contributed by atoms with Crippen molar-refractivity contribution in [3.63, 3.8) is 0 Å². The molecular formula is C17H14F5N5O. The summed E-state index contributed by atoms with van der Waals surface area (Å²) in [6, 6.07) is 2.66. The van der Waals surface area contributed by atoms with E-state index < -0.39 is 29.5 Å². The number of carbonyl (C=O) groups is 1. The molecule has 0 aliphatic carbocycles. The van der Waals surface area contributed by atoms with E-state index in [9.17, 15) is 26.7 Å². The van der Waals surface area contributed by atoms with Gasteiger partial charge in [0.15, 0.2) is 0 Å². The van der Waals surface area contributed by atoms with E-state index in [1.54, 1.807) is 6.92 Å². The third-order valence-electron chi connectivity index (χ3n) is 4.11.